The number of carbonyl (C=O) groups is 1. The Morgan fingerprint density at radius 3 is 2.42 bits per heavy atom. The summed E-state index contributed by atoms with van der Waals surface area (Å²) in [5, 5.41) is 23.5. The molecule has 8 nitrogen and oxygen atoms in total. The summed E-state index contributed by atoms with van der Waals surface area (Å²) in [6.45, 7) is 1.80. The molecule has 0 spiro atoms. The highest BCUT2D eigenvalue weighted by Crippen LogP contribution is 2.35. The normalized spacial score (nSPS) is 12.0. The zero-order chi connectivity index (χ0) is 23.8. The number of aryl methyl sites for hydroxylation is 1. The number of pyridine rings is 2. The van der Waals surface area contributed by atoms with E-state index in [4.69, 9.17) is 0 Å². The van der Waals surface area contributed by atoms with E-state index >= 15 is 0 Å². The van der Waals surface area contributed by atoms with Crippen LogP contribution in [0.15, 0.2) is 84.0 Å². The quantitative estimate of drug-likeness (QED) is 0.437. The molecule has 0 aliphatic carbocycles. The summed E-state index contributed by atoms with van der Waals surface area (Å²) in [6.07, 6.45) is 3.71. The first-order valence-electron chi connectivity index (χ1n) is 9.95. The Labute approximate surface area is 190 Å². The van der Waals surface area contributed by atoms with Crippen LogP contribution in [0.3, 0.4) is 0 Å². The van der Waals surface area contributed by atoms with Crippen molar-refractivity contribution in [2.75, 3.05) is 11.2 Å². The molecule has 2 heterocycles. The third kappa shape index (κ3) is 4.34. The molecular weight excluding hydrogens is 442 g/mol. The number of sulfone groups is 1. The predicted molar refractivity (Wildman–Crippen MR) is 123 cm³/mol. The van der Waals surface area contributed by atoms with Crippen molar-refractivity contribution in [3.63, 3.8) is 0 Å². The molecule has 0 saturated carbocycles. The lowest BCUT2D eigenvalue weighted by atomic mass is 10.1. The van der Waals surface area contributed by atoms with E-state index in [9.17, 15) is 23.4 Å². The number of aliphatic hydroxyl groups is 2. The van der Waals surface area contributed by atoms with Gasteiger partial charge in [0.25, 0.3) is 11.8 Å². The minimum absolute atomic E-state index is 0.0445. The van der Waals surface area contributed by atoms with Gasteiger partial charge in [0.2, 0.25) is 0 Å². The smallest absolute Gasteiger partial charge is 0.282 e. The van der Waals surface area contributed by atoms with Crippen LogP contribution in [0.5, 0.6) is 0 Å². The van der Waals surface area contributed by atoms with Gasteiger partial charge in [-0.3, -0.25) is 19.7 Å². The van der Waals surface area contributed by atoms with Crippen molar-refractivity contribution in [2.45, 2.75) is 17.7 Å². The van der Waals surface area contributed by atoms with Crippen molar-refractivity contribution in [1.82, 2.24) is 9.97 Å². The summed E-state index contributed by atoms with van der Waals surface area (Å²) in [7, 11) is -3.82. The van der Waals surface area contributed by atoms with E-state index < -0.39 is 21.7 Å². The fourth-order valence-electron chi connectivity index (χ4n) is 3.55. The highest BCUT2D eigenvalue weighted by molar-refractivity contribution is 7.90. The maximum Gasteiger partial charge on any atom is 0.282 e. The van der Waals surface area contributed by atoms with Crippen LogP contribution in [0.2, 0.25) is 0 Å². The minimum Gasteiger partial charge on any atom is -0.345 e. The molecule has 0 aliphatic rings. The summed E-state index contributed by atoms with van der Waals surface area (Å²) in [5.74, 6) is -3.76. The molecule has 0 radical (unpaired) electrons. The summed E-state index contributed by atoms with van der Waals surface area (Å²) in [6, 6.07) is 16.8. The molecule has 9 heteroatoms. The van der Waals surface area contributed by atoms with Crippen molar-refractivity contribution in [3.05, 3.63) is 95.9 Å². The molecule has 1 amide bonds. The third-order valence-corrected chi connectivity index (χ3v) is 6.29. The Kier molecular flexibility index (Phi) is 5.71. The van der Waals surface area contributed by atoms with E-state index in [1.165, 1.54) is 60.9 Å². The molecule has 4 rings (SSSR count). The van der Waals surface area contributed by atoms with Gasteiger partial charge in [-0.05, 0) is 43.3 Å². The lowest BCUT2D eigenvalue weighted by Crippen LogP contribution is -2.50. The Balaban J connectivity index is 1.96. The number of carbonyl (C=O) groups excluding carboxylic acids is 1. The van der Waals surface area contributed by atoms with E-state index in [0.717, 1.165) is 17.3 Å². The van der Waals surface area contributed by atoms with E-state index in [2.05, 4.69) is 9.97 Å². The van der Waals surface area contributed by atoms with E-state index in [-0.39, 0.29) is 21.7 Å². The van der Waals surface area contributed by atoms with E-state index in [0.29, 0.717) is 10.4 Å². The molecular formula is C24H21N3O5S. The number of hydrogen-bond acceptors (Lipinski definition) is 7. The van der Waals surface area contributed by atoms with Gasteiger partial charge in [0.1, 0.15) is 0 Å². The molecule has 168 valence electrons. The maximum atomic E-state index is 13.5. The van der Waals surface area contributed by atoms with Crippen molar-refractivity contribution >= 4 is 32.3 Å². The second kappa shape index (κ2) is 8.36. The topological polar surface area (TPSA) is 121 Å². The molecule has 0 unspecified atom stereocenters. The number of anilines is 1. The monoisotopic (exact) mass is 463 g/mol. The first-order chi connectivity index (χ1) is 15.6. The van der Waals surface area contributed by atoms with Crippen LogP contribution in [-0.2, 0) is 15.7 Å². The second-order valence-corrected chi connectivity index (χ2v) is 9.60. The highest BCUT2D eigenvalue weighted by atomic mass is 32.2. The van der Waals surface area contributed by atoms with Crippen LogP contribution < -0.4 is 4.90 Å². The lowest BCUT2D eigenvalue weighted by Gasteiger charge is -2.36. The van der Waals surface area contributed by atoms with E-state index in [1.54, 1.807) is 13.0 Å². The van der Waals surface area contributed by atoms with Gasteiger partial charge in [-0.25, -0.2) is 8.42 Å². The van der Waals surface area contributed by atoms with Gasteiger partial charge in [0.15, 0.2) is 9.84 Å². The van der Waals surface area contributed by atoms with Crippen molar-refractivity contribution in [1.29, 1.82) is 0 Å². The lowest BCUT2D eigenvalue weighted by molar-refractivity contribution is -0.163. The Morgan fingerprint density at radius 1 is 1.00 bits per heavy atom. The number of amides is 1. The fourth-order valence-corrected chi connectivity index (χ4v) is 4.41. The standard InChI is InChI=1S/C24H21N3O5S/c1-16-9-10-17-11-12-19(14-20(17)26-16)24(29,30)27(23(28)18-6-5-13-25-15-18)21-7-3-4-8-22(21)33(2,31)32/h3-15,29-30H,1-2H3. The van der Waals surface area contributed by atoms with Crippen LogP contribution >= 0.6 is 0 Å². The molecule has 0 saturated heterocycles. The Bertz CT molecular complexity index is 1450. The van der Waals surface area contributed by atoms with Gasteiger partial charge in [-0.1, -0.05) is 30.3 Å². The van der Waals surface area contributed by atoms with Crippen LogP contribution in [0.1, 0.15) is 21.6 Å². The summed E-state index contributed by atoms with van der Waals surface area (Å²) in [5.41, 5.74) is 1.02. The molecule has 2 aromatic heterocycles. The SMILES string of the molecule is Cc1ccc2ccc(C(O)(O)N(C(=O)c3cccnc3)c3ccccc3S(C)(=O)=O)cc2n1. The van der Waals surface area contributed by atoms with Gasteiger partial charge in [0.05, 0.1) is 21.7 Å². The molecule has 0 bridgehead atoms. The molecule has 2 aromatic carbocycles. The number of benzene rings is 2. The van der Waals surface area contributed by atoms with Gasteiger partial charge in [-0.2, -0.15) is 0 Å². The first-order valence-corrected chi connectivity index (χ1v) is 11.8. The fraction of sp³-hybridized carbons (Fsp3) is 0.125. The molecule has 0 fully saturated rings. The van der Waals surface area contributed by atoms with Gasteiger partial charge >= 0.3 is 0 Å². The summed E-state index contributed by atoms with van der Waals surface area (Å²) < 4.78 is 24.9. The number of rotatable bonds is 5. The second-order valence-electron chi connectivity index (χ2n) is 7.62. The van der Waals surface area contributed by atoms with Crippen LogP contribution in [0.25, 0.3) is 10.9 Å². The van der Waals surface area contributed by atoms with Crippen molar-refractivity contribution in [3.8, 4) is 0 Å². The molecule has 33 heavy (non-hydrogen) atoms. The maximum absolute atomic E-state index is 13.5. The Morgan fingerprint density at radius 2 is 1.73 bits per heavy atom. The molecule has 0 atom stereocenters. The summed E-state index contributed by atoms with van der Waals surface area (Å²) >= 11 is 0. The zero-order valence-corrected chi connectivity index (χ0v) is 18.7. The minimum atomic E-state index is -3.82. The molecule has 2 N–H and O–H groups in total. The van der Waals surface area contributed by atoms with Crippen LogP contribution in [-0.4, -0.2) is 40.8 Å². The highest BCUT2D eigenvalue weighted by Gasteiger charge is 2.41. The number of para-hydroxylation sites is 1. The number of fused-ring (bicyclic) bond motifs is 1. The predicted octanol–water partition coefficient (Wildman–Crippen LogP) is 2.78. The number of aromatic nitrogens is 2. The summed E-state index contributed by atoms with van der Waals surface area (Å²) in [4.78, 5) is 22.3. The van der Waals surface area contributed by atoms with Gasteiger partial charge in [0, 0.05) is 35.3 Å². The van der Waals surface area contributed by atoms with Gasteiger partial charge in [-0.15, -0.1) is 0 Å². The number of nitrogens with zero attached hydrogens (tertiary/aromatic N) is 3. The third-order valence-electron chi connectivity index (χ3n) is 5.15. The average Bonchev–Trinajstić information content (AvgIpc) is 2.78. The molecule has 0 aliphatic heterocycles. The van der Waals surface area contributed by atoms with Crippen molar-refractivity contribution in [2.24, 2.45) is 0 Å². The largest absolute Gasteiger partial charge is 0.345 e. The van der Waals surface area contributed by atoms with Crippen molar-refractivity contribution < 1.29 is 23.4 Å². The first kappa shape index (κ1) is 22.5. The Hall–Kier alpha value is -3.66. The van der Waals surface area contributed by atoms with Gasteiger partial charge < -0.3 is 10.2 Å². The van der Waals surface area contributed by atoms with E-state index in [1.807, 2.05) is 12.1 Å². The van der Waals surface area contributed by atoms with Crippen LogP contribution in [0, 0.1) is 6.92 Å². The van der Waals surface area contributed by atoms with Crippen LogP contribution in [0.4, 0.5) is 5.69 Å². The molecule has 4 aromatic rings. The zero-order valence-electron chi connectivity index (χ0n) is 17.9. The average molecular weight is 464 g/mol. The number of hydrogen-bond donors (Lipinski definition) is 2.